The first kappa shape index (κ1) is 16.7. The van der Waals surface area contributed by atoms with E-state index in [1.54, 1.807) is 0 Å². The maximum absolute atomic E-state index is 13.7. The maximum Gasteiger partial charge on any atom is 0.325 e. The zero-order valence-electron chi connectivity index (χ0n) is 11.9. The second-order valence-corrected chi connectivity index (χ2v) is 4.21. The Labute approximate surface area is 122 Å². The van der Waals surface area contributed by atoms with Crippen molar-refractivity contribution in [3.05, 3.63) is 35.1 Å². The summed E-state index contributed by atoms with van der Waals surface area (Å²) in [7, 11) is 2.58. The zero-order chi connectivity index (χ0) is 15.8. The molecule has 1 aromatic rings. The first-order chi connectivity index (χ1) is 9.99. The van der Waals surface area contributed by atoms with Gasteiger partial charge in [-0.1, -0.05) is 11.8 Å². The third-order valence-corrected chi connectivity index (χ3v) is 2.61. The van der Waals surface area contributed by atoms with E-state index < -0.39 is 17.7 Å². The number of hydrogen-bond donors (Lipinski definition) is 1. The Morgan fingerprint density at radius 2 is 2.14 bits per heavy atom. The number of likely N-dealkylation sites (N-methyl/N-ethyl adjacent to an activating group) is 1. The molecule has 0 aromatic heterocycles. The Morgan fingerprint density at radius 3 is 2.76 bits per heavy atom. The van der Waals surface area contributed by atoms with Gasteiger partial charge in [0.1, 0.15) is 12.4 Å². The Balaban J connectivity index is 2.96. The van der Waals surface area contributed by atoms with Gasteiger partial charge in [0, 0.05) is 19.0 Å². The molecule has 0 atom stereocenters. The highest BCUT2D eigenvalue weighted by molar-refractivity contribution is 5.96. The standard InChI is InChI=1S/C15H16FNO4/c1-17(10-14(19)21-2)15(20)12-9-11(5-3-4-8-18)6-7-13(12)16/h6-7,9,18H,4,8,10H2,1-2H3. The van der Waals surface area contributed by atoms with Crippen LogP contribution in [0.4, 0.5) is 4.39 Å². The number of esters is 1. The largest absolute Gasteiger partial charge is 0.468 e. The highest BCUT2D eigenvalue weighted by atomic mass is 19.1. The molecule has 0 aliphatic heterocycles. The second-order valence-electron chi connectivity index (χ2n) is 4.21. The van der Waals surface area contributed by atoms with E-state index in [1.807, 2.05) is 0 Å². The summed E-state index contributed by atoms with van der Waals surface area (Å²) in [4.78, 5) is 24.3. The van der Waals surface area contributed by atoms with Crippen LogP contribution in [-0.4, -0.2) is 49.2 Å². The van der Waals surface area contributed by atoms with E-state index in [9.17, 15) is 14.0 Å². The molecule has 5 nitrogen and oxygen atoms in total. The predicted octanol–water partition coefficient (Wildman–Crippen LogP) is 0.805. The lowest BCUT2D eigenvalue weighted by atomic mass is 10.1. The number of amides is 1. The normalized spacial score (nSPS) is 9.52. The van der Waals surface area contributed by atoms with Gasteiger partial charge in [-0.2, -0.15) is 0 Å². The van der Waals surface area contributed by atoms with Crippen molar-refractivity contribution in [2.75, 3.05) is 27.3 Å². The fraction of sp³-hybridized carbons (Fsp3) is 0.333. The molecule has 1 aromatic carbocycles. The minimum Gasteiger partial charge on any atom is -0.468 e. The molecule has 112 valence electrons. The minimum absolute atomic E-state index is 0.0676. The van der Waals surface area contributed by atoms with Gasteiger partial charge in [0.05, 0.1) is 19.3 Å². The molecule has 21 heavy (non-hydrogen) atoms. The minimum atomic E-state index is -0.690. The van der Waals surface area contributed by atoms with Crippen LogP contribution in [-0.2, 0) is 9.53 Å². The summed E-state index contributed by atoms with van der Waals surface area (Å²) < 4.78 is 18.2. The molecule has 0 saturated carbocycles. The van der Waals surface area contributed by atoms with Gasteiger partial charge in [-0.15, -0.1) is 0 Å². The summed E-state index contributed by atoms with van der Waals surface area (Å²) in [5.74, 6) is 3.49. The summed E-state index contributed by atoms with van der Waals surface area (Å²) in [5.41, 5.74) is 0.289. The average molecular weight is 293 g/mol. The molecule has 1 N–H and O–H groups in total. The third kappa shape index (κ3) is 4.89. The van der Waals surface area contributed by atoms with Crippen molar-refractivity contribution >= 4 is 11.9 Å². The molecule has 6 heteroatoms. The number of carbonyl (C=O) groups excluding carboxylic acids is 2. The molecule has 0 bridgehead atoms. The summed E-state index contributed by atoms with van der Waals surface area (Å²) in [6, 6.07) is 3.90. The van der Waals surface area contributed by atoms with E-state index in [0.29, 0.717) is 12.0 Å². The molecule has 0 unspecified atom stereocenters. The number of hydrogen-bond acceptors (Lipinski definition) is 4. The fourth-order valence-electron chi connectivity index (χ4n) is 1.52. The van der Waals surface area contributed by atoms with Crippen LogP contribution in [0.5, 0.6) is 0 Å². The number of aliphatic hydroxyl groups excluding tert-OH is 1. The maximum atomic E-state index is 13.7. The quantitative estimate of drug-likeness (QED) is 0.659. The number of carbonyl (C=O) groups is 2. The Hall–Kier alpha value is -2.39. The van der Waals surface area contributed by atoms with Crippen molar-refractivity contribution in [3.8, 4) is 11.8 Å². The molecule has 0 radical (unpaired) electrons. The van der Waals surface area contributed by atoms with Crippen LogP contribution in [0.25, 0.3) is 0 Å². The van der Waals surface area contributed by atoms with Crippen LogP contribution >= 0.6 is 0 Å². The fourth-order valence-corrected chi connectivity index (χ4v) is 1.52. The topological polar surface area (TPSA) is 66.8 Å². The summed E-state index contributed by atoms with van der Waals surface area (Å²) in [6.45, 7) is -0.336. The van der Waals surface area contributed by atoms with Crippen molar-refractivity contribution in [2.24, 2.45) is 0 Å². The lowest BCUT2D eigenvalue weighted by Crippen LogP contribution is -2.33. The Morgan fingerprint density at radius 1 is 1.43 bits per heavy atom. The highest BCUT2D eigenvalue weighted by Gasteiger charge is 2.18. The molecule has 0 saturated heterocycles. The van der Waals surface area contributed by atoms with Crippen LogP contribution in [0, 0.1) is 17.7 Å². The number of ether oxygens (including phenoxy) is 1. The monoisotopic (exact) mass is 293 g/mol. The molecular weight excluding hydrogens is 277 g/mol. The molecule has 0 heterocycles. The van der Waals surface area contributed by atoms with Gasteiger partial charge >= 0.3 is 5.97 Å². The van der Waals surface area contributed by atoms with Crippen molar-refractivity contribution in [1.29, 1.82) is 0 Å². The second kappa shape index (κ2) is 8.02. The van der Waals surface area contributed by atoms with Gasteiger partial charge < -0.3 is 14.7 Å². The molecule has 0 fully saturated rings. The summed E-state index contributed by atoms with van der Waals surface area (Å²) in [6.07, 6.45) is 0.295. The van der Waals surface area contributed by atoms with Gasteiger partial charge in [-0.25, -0.2) is 4.39 Å². The van der Waals surface area contributed by atoms with Gasteiger partial charge in [0.15, 0.2) is 0 Å². The van der Waals surface area contributed by atoms with Gasteiger partial charge in [0.25, 0.3) is 5.91 Å². The van der Waals surface area contributed by atoms with Gasteiger partial charge in [0.2, 0.25) is 0 Å². The van der Waals surface area contributed by atoms with Gasteiger partial charge in [-0.05, 0) is 18.2 Å². The predicted molar refractivity (Wildman–Crippen MR) is 74.0 cm³/mol. The smallest absolute Gasteiger partial charge is 0.325 e. The van der Waals surface area contributed by atoms with Crippen LogP contribution in [0.15, 0.2) is 18.2 Å². The first-order valence-corrected chi connectivity index (χ1v) is 6.21. The molecule has 0 spiro atoms. The van der Waals surface area contributed by atoms with Crippen molar-refractivity contribution in [1.82, 2.24) is 4.90 Å². The Kier molecular flexibility index (Phi) is 6.37. The molecule has 0 aliphatic carbocycles. The van der Waals surface area contributed by atoms with E-state index in [1.165, 1.54) is 26.3 Å². The summed E-state index contributed by atoms with van der Waals surface area (Å²) in [5, 5.41) is 8.64. The zero-order valence-corrected chi connectivity index (χ0v) is 11.9. The number of halogens is 1. The third-order valence-electron chi connectivity index (χ3n) is 2.61. The van der Waals surface area contributed by atoms with Crippen LogP contribution in [0.1, 0.15) is 22.3 Å². The molecular formula is C15H16FNO4. The van der Waals surface area contributed by atoms with E-state index in [2.05, 4.69) is 16.6 Å². The molecule has 1 amide bonds. The van der Waals surface area contributed by atoms with E-state index in [0.717, 1.165) is 11.0 Å². The van der Waals surface area contributed by atoms with Crippen LogP contribution < -0.4 is 0 Å². The number of rotatable bonds is 4. The number of nitrogens with zero attached hydrogens (tertiary/aromatic N) is 1. The number of benzene rings is 1. The van der Waals surface area contributed by atoms with Crippen LogP contribution in [0.3, 0.4) is 0 Å². The van der Waals surface area contributed by atoms with Crippen LogP contribution in [0.2, 0.25) is 0 Å². The number of methoxy groups -OCH3 is 1. The lowest BCUT2D eigenvalue weighted by molar-refractivity contribution is -0.141. The van der Waals surface area contributed by atoms with E-state index in [4.69, 9.17) is 5.11 Å². The summed E-state index contributed by atoms with van der Waals surface area (Å²) >= 11 is 0. The van der Waals surface area contributed by atoms with Crippen molar-refractivity contribution in [3.63, 3.8) is 0 Å². The Bertz CT molecular complexity index is 589. The SMILES string of the molecule is COC(=O)CN(C)C(=O)c1cc(C#CCCO)ccc1F. The first-order valence-electron chi connectivity index (χ1n) is 6.21. The van der Waals surface area contributed by atoms with Crippen molar-refractivity contribution < 1.29 is 23.8 Å². The van der Waals surface area contributed by atoms with Gasteiger partial charge in [-0.3, -0.25) is 9.59 Å². The van der Waals surface area contributed by atoms with E-state index >= 15 is 0 Å². The molecule has 1 rings (SSSR count). The average Bonchev–Trinajstić information content (AvgIpc) is 2.48. The van der Waals surface area contributed by atoms with Crippen molar-refractivity contribution in [2.45, 2.75) is 6.42 Å². The molecule has 0 aliphatic rings. The lowest BCUT2D eigenvalue weighted by Gasteiger charge is -2.16. The number of aliphatic hydroxyl groups is 1. The highest BCUT2D eigenvalue weighted by Crippen LogP contribution is 2.12. The van der Waals surface area contributed by atoms with E-state index in [-0.39, 0.29) is 18.7 Å².